The summed E-state index contributed by atoms with van der Waals surface area (Å²) in [4.78, 5) is 27.7. The number of carbonyl (C=O) groups excluding carboxylic acids is 2. The van der Waals surface area contributed by atoms with Crippen LogP contribution in [0.25, 0.3) is 11.1 Å². The molecule has 2 aliphatic heterocycles. The van der Waals surface area contributed by atoms with Crippen LogP contribution in [0.4, 0.5) is 4.79 Å². The fourth-order valence-electron chi connectivity index (χ4n) is 5.39. The van der Waals surface area contributed by atoms with Gasteiger partial charge in [0.25, 0.3) is 0 Å². The summed E-state index contributed by atoms with van der Waals surface area (Å²) in [7, 11) is 0. The van der Waals surface area contributed by atoms with Crippen molar-refractivity contribution in [2.75, 3.05) is 6.79 Å². The van der Waals surface area contributed by atoms with E-state index in [4.69, 9.17) is 19.9 Å². The number of rotatable bonds is 5. The molecule has 186 valence electrons. The molecule has 2 aromatic carbocycles. The van der Waals surface area contributed by atoms with Crippen molar-refractivity contribution in [3.05, 3.63) is 48.0 Å². The predicted molar refractivity (Wildman–Crippen MR) is 131 cm³/mol. The van der Waals surface area contributed by atoms with Crippen molar-refractivity contribution in [3.63, 3.8) is 0 Å². The number of hydrogen-bond acceptors (Lipinski definition) is 6. The third kappa shape index (κ3) is 4.93. The Hall–Kier alpha value is -3.26. The molecule has 2 amide bonds. The van der Waals surface area contributed by atoms with E-state index in [1.165, 1.54) is 0 Å². The minimum absolute atomic E-state index is 0.0607. The molecule has 1 saturated carbocycles. The number of nitrogens with one attached hydrogen (secondary N) is 1. The Morgan fingerprint density at radius 3 is 2.54 bits per heavy atom. The van der Waals surface area contributed by atoms with E-state index in [0.717, 1.165) is 47.5 Å². The lowest BCUT2D eigenvalue weighted by molar-refractivity contribution is -0.128. The van der Waals surface area contributed by atoms with Crippen molar-refractivity contribution in [2.45, 2.75) is 70.3 Å². The zero-order chi connectivity index (χ0) is 24.7. The van der Waals surface area contributed by atoms with E-state index in [0.29, 0.717) is 6.42 Å². The summed E-state index contributed by atoms with van der Waals surface area (Å²) < 4.78 is 16.4. The molecule has 1 saturated heterocycles. The smallest absolute Gasteiger partial charge is 0.411 e. The molecule has 8 heteroatoms. The number of nitrogens with two attached hydrogens (primary N) is 1. The average Bonchev–Trinajstić information content (AvgIpc) is 3.53. The molecule has 2 aromatic rings. The Bertz CT molecular complexity index is 1110. The topological polar surface area (TPSA) is 103 Å². The van der Waals surface area contributed by atoms with Gasteiger partial charge in [0.1, 0.15) is 11.6 Å². The first-order valence-electron chi connectivity index (χ1n) is 12.2. The third-order valence-corrected chi connectivity index (χ3v) is 6.90. The number of fused-ring (bicyclic) bond motifs is 3. The largest absolute Gasteiger partial charge is 0.454 e. The second-order valence-electron chi connectivity index (χ2n) is 10.6. The second kappa shape index (κ2) is 9.07. The normalized spacial score (nSPS) is 23.3. The highest BCUT2D eigenvalue weighted by atomic mass is 16.7. The number of amides is 2. The van der Waals surface area contributed by atoms with Gasteiger partial charge in [0.2, 0.25) is 12.7 Å². The van der Waals surface area contributed by atoms with Crippen LogP contribution in [0.5, 0.6) is 11.5 Å². The van der Waals surface area contributed by atoms with E-state index in [1.54, 1.807) is 4.90 Å². The molecule has 0 radical (unpaired) electrons. The molecule has 1 aliphatic carbocycles. The predicted octanol–water partition coefficient (Wildman–Crippen LogP) is 3.81. The van der Waals surface area contributed by atoms with Crippen LogP contribution in [0.15, 0.2) is 42.5 Å². The third-order valence-electron chi connectivity index (χ3n) is 6.90. The Balaban J connectivity index is 1.21. The lowest BCUT2D eigenvalue weighted by Gasteiger charge is -2.36. The molecule has 2 fully saturated rings. The van der Waals surface area contributed by atoms with Gasteiger partial charge in [-0.2, -0.15) is 0 Å². The molecule has 2 bridgehead atoms. The fraction of sp³-hybridized carbons (Fsp3) is 0.481. The Labute approximate surface area is 205 Å². The van der Waals surface area contributed by atoms with Gasteiger partial charge in [-0.15, -0.1) is 0 Å². The van der Waals surface area contributed by atoms with Gasteiger partial charge in [0, 0.05) is 12.5 Å². The molecule has 35 heavy (non-hydrogen) atoms. The van der Waals surface area contributed by atoms with E-state index < -0.39 is 23.9 Å². The van der Waals surface area contributed by atoms with Crippen molar-refractivity contribution < 1.29 is 23.8 Å². The van der Waals surface area contributed by atoms with Crippen molar-refractivity contribution in [1.29, 1.82) is 0 Å². The Morgan fingerprint density at radius 1 is 1.09 bits per heavy atom. The van der Waals surface area contributed by atoms with Crippen LogP contribution in [0.1, 0.15) is 45.6 Å². The van der Waals surface area contributed by atoms with Crippen molar-refractivity contribution in [3.8, 4) is 22.6 Å². The number of nitrogens with zero attached hydrogens (tertiary/aromatic N) is 1. The minimum atomic E-state index is -0.608. The van der Waals surface area contributed by atoms with Gasteiger partial charge >= 0.3 is 6.09 Å². The van der Waals surface area contributed by atoms with Crippen LogP contribution in [0, 0.1) is 5.92 Å². The summed E-state index contributed by atoms with van der Waals surface area (Å²) in [6.45, 7) is 5.76. The summed E-state index contributed by atoms with van der Waals surface area (Å²) in [5.41, 5.74) is 8.81. The highest BCUT2D eigenvalue weighted by Crippen LogP contribution is 2.43. The molecule has 4 unspecified atom stereocenters. The SMILES string of the molecule is CC(C)(C)OC(=O)N1C2CCC(C2)C1C(=O)NC(N)Cc1ccc(-c2ccc3c(c2)OCO3)cc1. The van der Waals surface area contributed by atoms with Gasteiger partial charge in [0.05, 0.1) is 6.17 Å². The standard InChI is InChI=1S/C27H33N3O5/c1-27(2,3)35-26(32)30-20-10-8-19(13-20)24(30)25(31)29-23(28)12-16-4-6-17(7-5-16)18-9-11-21-22(14-18)34-15-33-21/h4-7,9,11,14,19-20,23-24H,8,10,12-13,15,28H2,1-3H3,(H,29,31). The fourth-order valence-corrected chi connectivity index (χ4v) is 5.39. The summed E-state index contributed by atoms with van der Waals surface area (Å²) in [5.74, 6) is 1.46. The highest BCUT2D eigenvalue weighted by molar-refractivity contribution is 5.87. The number of piperidine rings is 1. The monoisotopic (exact) mass is 479 g/mol. The van der Waals surface area contributed by atoms with Crippen LogP contribution >= 0.6 is 0 Å². The van der Waals surface area contributed by atoms with E-state index >= 15 is 0 Å². The molecule has 4 atom stereocenters. The van der Waals surface area contributed by atoms with Crippen LogP contribution in [-0.4, -0.2) is 47.5 Å². The first-order chi connectivity index (χ1) is 16.7. The lowest BCUT2D eigenvalue weighted by Crippen LogP contribution is -2.57. The van der Waals surface area contributed by atoms with E-state index in [-0.39, 0.29) is 24.7 Å². The summed E-state index contributed by atoms with van der Waals surface area (Å²) >= 11 is 0. The first-order valence-corrected chi connectivity index (χ1v) is 12.2. The molecule has 0 aromatic heterocycles. The van der Waals surface area contributed by atoms with Crippen LogP contribution in [-0.2, 0) is 16.0 Å². The molecular weight excluding hydrogens is 446 g/mol. The lowest BCUT2D eigenvalue weighted by atomic mass is 9.97. The Kier molecular flexibility index (Phi) is 6.09. The average molecular weight is 480 g/mol. The van der Waals surface area contributed by atoms with Crippen LogP contribution in [0.3, 0.4) is 0 Å². The molecule has 3 aliphatic rings. The maximum absolute atomic E-state index is 13.2. The molecule has 0 spiro atoms. The molecular formula is C27H33N3O5. The molecule has 3 N–H and O–H groups in total. The van der Waals surface area contributed by atoms with Crippen LogP contribution in [0.2, 0.25) is 0 Å². The van der Waals surface area contributed by atoms with Gasteiger partial charge in [0.15, 0.2) is 11.5 Å². The van der Waals surface area contributed by atoms with Gasteiger partial charge < -0.3 is 25.3 Å². The highest BCUT2D eigenvalue weighted by Gasteiger charge is 2.52. The maximum Gasteiger partial charge on any atom is 0.411 e. The zero-order valence-electron chi connectivity index (χ0n) is 20.5. The minimum Gasteiger partial charge on any atom is -0.454 e. The van der Waals surface area contributed by atoms with Crippen molar-refractivity contribution >= 4 is 12.0 Å². The first kappa shape index (κ1) is 23.5. The number of benzene rings is 2. The van der Waals surface area contributed by atoms with Crippen molar-refractivity contribution in [1.82, 2.24) is 10.2 Å². The summed E-state index contributed by atoms with van der Waals surface area (Å²) in [6, 6.07) is 13.5. The van der Waals surface area contributed by atoms with Crippen LogP contribution < -0.4 is 20.5 Å². The summed E-state index contributed by atoms with van der Waals surface area (Å²) in [5, 5.41) is 2.94. The number of likely N-dealkylation sites (tertiary alicyclic amines) is 1. The number of hydrogen-bond donors (Lipinski definition) is 2. The van der Waals surface area contributed by atoms with Gasteiger partial charge in [-0.25, -0.2) is 4.79 Å². The Morgan fingerprint density at radius 2 is 1.80 bits per heavy atom. The quantitative estimate of drug-likeness (QED) is 0.632. The van der Waals surface area contributed by atoms with Gasteiger partial charge in [-0.3, -0.25) is 9.69 Å². The second-order valence-corrected chi connectivity index (χ2v) is 10.6. The van der Waals surface area contributed by atoms with E-state index in [2.05, 4.69) is 5.32 Å². The zero-order valence-corrected chi connectivity index (χ0v) is 20.5. The van der Waals surface area contributed by atoms with Gasteiger partial charge in [-0.05, 0) is 74.8 Å². The van der Waals surface area contributed by atoms with E-state index in [1.807, 2.05) is 63.2 Å². The number of carbonyl (C=O) groups is 2. The molecule has 8 nitrogen and oxygen atoms in total. The molecule has 2 heterocycles. The molecule has 5 rings (SSSR count). The van der Waals surface area contributed by atoms with Crippen molar-refractivity contribution in [2.24, 2.45) is 11.7 Å². The number of ether oxygens (including phenoxy) is 3. The summed E-state index contributed by atoms with van der Waals surface area (Å²) in [6.07, 6.45) is 2.21. The van der Waals surface area contributed by atoms with Gasteiger partial charge in [-0.1, -0.05) is 30.3 Å². The van der Waals surface area contributed by atoms with E-state index in [9.17, 15) is 9.59 Å². The maximum atomic E-state index is 13.2.